The molecule has 2 fully saturated rings. The molecule has 4 unspecified atom stereocenters. The van der Waals surface area contributed by atoms with Gasteiger partial charge in [-0.3, -0.25) is 4.79 Å². The molecule has 0 aromatic rings. The summed E-state index contributed by atoms with van der Waals surface area (Å²) < 4.78 is 5.33. The minimum absolute atomic E-state index is 0.0176. The molecule has 2 aliphatic carbocycles. The van der Waals surface area contributed by atoms with Gasteiger partial charge in [0.15, 0.2) is 0 Å². The van der Waals surface area contributed by atoms with Crippen molar-refractivity contribution < 1.29 is 19.7 Å². The van der Waals surface area contributed by atoms with Crippen molar-refractivity contribution in [3.63, 3.8) is 0 Å². The lowest BCUT2D eigenvalue weighted by Gasteiger charge is -2.34. The highest BCUT2D eigenvalue weighted by Gasteiger charge is 2.45. The number of aliphatic hydroxyl groups is 2. The smallest absolute Gasteiger partial charge is 0.313 e. The van der Waals surface area contributed by atoms with Crippen molar-refractivity contribution in [2.75, 3.05) is 6.79 Å². The first-order valence-electron chi connectivity index (χ1n) is 6.80. The van der Waals surface area contributed by atoms with Crippen LogP contribution >= 0.6 is 0 Å². The summed E-state index contributed by atoms with van der Waals surface area (Å²) in [4.78, 5) is 11.6. The van der Waals surface area contributed by atoms with E-state index in [1.165, 1.54) is 32.1 Å². The molecule has 0 spiro atoms. The molecule has 4 nitrogen and oxygen atoms in total. The molecule has 2 N–H and O–H groups in total. The molecule has 0 bridgehead atoms. The molecule has 18 heavy (non-hydrogen) atoms. The van der Waals surface area contributed by atoms with Crippen molar-refractivity contribution in [2.45, 2.75) is 45.1 Å². The largest absolute Gasteiger partial charge is 0.462 e. The first-order chi connectivity index (χ1) is 8.67. The van der Waals surface area contributed by atoms with Gasteiger partial charge in [-0.2, -0.15) is 0 Å². The fourth-order valence-corrected chi connectivity index (χ4v) is 3.50. The van der Waals surface area contributed by atoms with Gasteiger partial charge in [-0.05, 0) is 38.5 Å². The molecule has 4 heteroatoms. The molecule has 0 aromatic heterocycles. The lowest BCUT2D eigenvalue weighted by Crippen LogP contribution is -2.28. The van der Waals surface area contributed by atoms with Crippen LogP contribution in [-0.4, -0.2) is 29.1 Å². The maximum Gasteiger partial charge on any atom is 0.313 e. The second kappa shape index (κ2) is 5.85. The van der Waals surface area contributed by atoms with E-state index in [0.717, 1.165) is 5.92 Å². The fraction of sp³-hybridized carbons (Fsp3) is 0.786. The first-order valence-corrected chi connectivity index (χ1v) is 6.80. The van der Waals surface area contributed by atoms with Crippen molar-refractivity contribution in [1.29, 1.82) is 0 Å². The van der Waals surface area contributed by atoms with Crippen molar-refractivity contribution >= 4 is 5.97 Å². The number of hydrogen-bond acceptors (Lipinski definition) is 4. The van der Waals surface area contributed by atoms with Gasteiger partial charge in [0, 0.05) is 5.92 Å². The number of aliphatic hydroxyl groups excluding tert-OH is 1. The summed E-state index contributed by atoms with van der Waals surface area (Å²) in [5.41, 5.74) is 1.55. The van der Waals surface area contributed by atoms with Gasteiger partial charge in [-0.25, -0.2) is 0 Å². The zero-order chi connectivity index (χ0) is 13.1. The van der Waals surface area contributed by atoms with E-state index in [2.05, 4.69) is 6.08 Å². The third-order valence-corrected chi connectivity index (χ3v) is 4.38. The molecule has 3 rings (SSSR count). The third kappa shape index (κ3) is 2.59. The summed E-state index contributed by atoms with van der Waals surface area (Å²) in [6.45, 7) is 1.30. The number of esters is 1. The van der Waals surface area contributed by atoms with Crippen LogP contribution in [0.5, 0.6) is 0 Å². The second-order valence-corrected chi connectivity index (χ2v) is 5.39. The Morgan fingerprint density at radius 2 is 2.11 bits per heavy atom. The Bertz CT molecular complexity index is 337. The number of fused-ring (bicyclic) bond motifs is 2. The van der Waals surface area contributed by atoms with Crippen molar-refractivity contribution in [2.24, 2.45) is 17.8 Å². The van der Waals surface area contributed by atoms with E-state index in [1.54, 1.807) is 5.57 Å². The number of hydrogen-bond donors (Lipinski definition) is 2. The van der Waals surface area contributed by atoms with Crippen LogP contribution < -0.4 is 0 Å². The van der Waals surface area contributed by atoms with E-state index >= 15 is 0 Å². The minimum atomic E-state index is -0.750. The lowest BCUT2D eigenvalue weighted by atomic mass is 9.69. The number of ether oxygens (including phenoxy) is 1. The topological polar surface area (TPSA) is 66.8 Å². The number of carbonyl (C=O) groups excluding carboxylic acids is 1. The van der Waals surface area contributed by atoms with Crippen molar-refractivity contribution in [1.82, 2.24) is 0 Å². The van der Waals surface area contributed by atoms with Crippen LogP contribution in [0.2, 0.25) is 0 Å². The van der Waals surface area contributed by atoms with Gasteiger partial charge in [0.25, 0.3) is 0 Å². The first kappa shape index (κ1) is 13.6. The summed E-state index contributed by atoms with van der Waals surface area (Å²) in [7, 11) is 0. The molecule has 1 saturated carbocycles. The van der Waals surface area contributed by atoms with E-state index in [-0.39, 0.29) is 18.0 Å². The Balaban J connectivity index is 0.000000367. The van der Waals surface area contributed by atoms with Gasteiger partial charge in [0.05, 0.1) is 5.92 Å². The molecule has 4 atom stereocenters. The zero-order valence-electron chi connectivity index (χ0n) is 10.8. The molecule has 1 saturated heterocycles. The third-order valence-electron chi connectivity index (χ3n) is 4.38. The van der Waals surface area contributed by atoms with Crippen molar-refractivity contribution in [3.05, 3.63) is 11.6 Å². The van der Waals surface area contributed by atoms with Crippen LogP contribution in [0, 0.1) is 17.8 Å². The van der Waals surface area contributed by atoms with Gasteiger partial charge < -0.3 is 14.9 Å². The lowest BCUT2D eigenvalue weighted by molar-refractivity contribution is -0.142. The van der Waals surface area contributed by atoms with Crippen LogP contribution in [0.3, 0.4) is 0 Å². The normalized spacial score (nSPS) is 37.7. The minimum Gasteiger partial charge on any atom is -0.462 e. The Kier molecular flexibility index (Phi) is 4.40. The summed E-state index contributed by atoms with van der Waals surface area (Å²) in [5.74, 6) is 1.33. The van der Waals surface area contributed by atoms with Gasteiger partial charge in [0.1, 0.15) is 12.9 Å². The van der Waals surface area contributed by atoms with Crippen LogP contribution in [-0.2, 0) is 9.53 Å². The van der Waals surface area contributed by atoms with Gasteiger partial charge in [0.2, 0.25) is 0 Å². The predicted molar refractivity (Wildman–Crippen MR) is 66.5 cm³/mol. The highest BCUT2D eigenvalue weighted by molar-refractivity contribution is 5.77. The summed E-state index contributed by atoms with van der Waals surface area (Å²) >= 11 is 0. The Hall–Kier alpha value is -0.870. The number of carbonyl (C=O) groups is 1. The fourth-order valence-electron chi connectivity index (χ4n) is 3.50. The predicted octanol–water partition coefficient (Wildman–Crippen LogP) is 1.61. The highest BCUT2D eigenvalue weighted by Crippen LogP contribution is 2.45. The zero-order valence-corrected chi connectivity index (χ0v) is 10.8. The highest BCUT2D eigenvalue weighted by atomic mass is 16.6. The molecular weight excluding hydrogens is 232 g/mol. The maximum atomic E-state index is 11.6. The van der Waals surface area contributed by atoms with Crippen molar-refractivity contribution in [3.8, 4) is 0 Å². The van der Waals surface area contributed by atoms with Crippen LogP contribution in [0.1, 0.15) is 39.0 Å². The number of cyclic esters (lactones) is 1. The molecule has 0 amide bonds. The van der Waals surface area contributed by atoms with E-state index in [4.69, 9.17) is 14.9 Å². The summed E-state index contributed by atoms with van der Waals surface area (Å²) in [5, 5.41) is 14.2. The summed E-state index contributed by atoms with van der Waals surface area (Å²) in [6.07, 6.45) is 8.79. The monoisotopic (exact) mass is 254 g/mol. The van der Waals surface area contributed by atoms with Crippen LogP contribution in [0.4, 0.5) is 0 Å². The Morgan fingerprint density at radius 1 is 1.39 bits per heavy atom. The van der Waals surface area contributed by atoms with Crippen LogP contribution in [0.15, 0.2) is 11.6 Å². The average Bonchev–Trinajstić information content (AvgIpc) is 2.63. The molecule has 3 aliphatic rings. The number of allylic oxidation sites excluding steroid dienone is 1. The van der Waals surface area contributed by atoms with E-state index in [9.17, 15) is 4.79 Å². The second-order valence-electron chi connectivity index (χ2n) is 5.39. The van der Waals surface area contributed by atoms with Gasteiger partial charge in [-0.1, -0.05) is 18.1 Å². The molecular formula is C14H22O4. The standard InChI is InChI=1S/C13H18O2.CH4O2/c1-8-11-6-9-4-2-3-5-10(9)7-12(11)13(14)15-8;2-1-3/h7-9,11-12H,2-6H2,1H3;2-3H,1H2. The quantitative estimate of drug-likeness (QED) is 0.391. The Morgan fingerprint density at radius 3 is 2.83 bits per heavy atom. The van der Waals surface area contributed by atoms with Crippen LogP contribution in [0.25, 0.3) is 0 Å². The van der Waals surface area contributed by atoms with E-state index < -0.39 is 6.79 Å². The maximum absolute atomic E-state index is 11.6. The average molecular weight is 254 g/mol. The van der Waals surface area contributed by atoms with Gasteiger partial charge in [-0.15, -0.1) is 0 Å². The molecule has 1 aliphatic heterocycles. The summed E-state index contributed by atoms with van der Waals surface area (Å²) in [6, 6.07) is 0. The molecule has 102 valence electrons. The molecule has 1 heterocycles. The molecule has 0 radical (unpaired) electrons. The van der Waals surface area contributed by atoms with Gasteiger partial charge >= 0.3 is 5.97 Å². The van der Waals surface area contributed by atoms with E-state index in [1.807, 2.05) is 6.92 Å². The SMILES string of the molecule is CC1OC(=O)C2C=C3CCCCC3CC12.OCO. The molecule has 0 aromatic carbocycles. The Labute approximate surface area is 108 Å². The van der Waals surface area contributed by atoms with E-state index in [0.29, 0.717) is 5.92 Å². The number of rotatable bonds is 0.